The van der Waals surface area contributed by atoms with Gasteiger partial charge in [-0.3, -0.25) is 0 Å². The maximum absolute atomic E-state index is 12.3. The third kappa shape index (κ3) is 6.69. The number of amides is 2. The molecule has 0 saturated carbocycles. The van der Waals surface area contributed by atoms with Crippen LogP contribution in [0.15, 0.2) is 18.2 Å². The zero-order valence-electron chi connectivity index (χ0n) is 15.6. The van der Waals surface area contributed by atoms with Gasteiger partial charge in [-0.2, -0.15) is 0 Å². The smallest absolute Gasteiger partial charge is 0.317 e. The van der Waals surface area contributed by atoms with E-state index in [2.05, 4.69) is 19.2 Å². The summed E-state index contributed by atoms with van der Waals surface area (Å²) in [5, 5.41) is 3.03. The fourth-order valence-electron chi connectivity index (χ4n) is 2.47. The van der Waals surface area contributed by atoms with Crippen molar-refractivity contribution >= 4 is 6.03 Å². The Morgan fingerprint density at radius 1 is 1.04 bits per heavy atom. The number of unbranched alkanes of at least 4 members (excludes halogenated alkanes) is 2. The van der Waals surface area contributed by atoms with Crippen molar-refractivity contribution in [3.05, 3.63) is 23.8 Å². The van der Waals surface area contributed by atoms with E-state index in [1.54, 1.807) is 14.2 Å². The fraction of sp³-hybridized carbons (Fsp3) is 0.632. The normalized spacial score (nSPS) is 10.3. The first-order valence-corrected chi connectivity index (χ1v) is 8.89. The van der Waals surface area contributed by atoms with Crippen LogP contribution in [0.3, 0.4) is 0 Å². The van der Waals surface area contributed by atoms with Gasteiger partial charge in [-0.15, -0.1) is 0 Å². The number of hydrogen-bond acceptors (Lipinski definition) is 3. The van der Waals surface area contributed by atoms with Crippen LogP contribution in [-0.2, 0) is 6.42 Å². The Morgan fingerprint density at radius 2 is 1.67 bits per heavy atom. The van der Waals surface area contributed by atoms with Gasteiger partial charge in [-0.1, -0.05) is 32.8 Å². The average molecular weight is 336 g/mol. The lowest BCUT2D eigenvalue weighted by Gasteiger charge is -2.23. The van der Waals surface area contributed by atoms with E-state index in [1.807, 2.05) is 23.1 Å². The monoisotopic (exact) mass is 336 g/mol. The molecule has 0 fully saturated rings. The van der Waals surface area contributed by atoms with E-state index in [0.717, 1.165) is 56.5 Å². The minimum atomic E-state index is 0.0392. The number of nitrogens with one attached hydrogen (secondary N) is 1. The second-order valence-electron chi connectivity index (χ2n) is 5.87. The highest BCUT2D eigenvalue weighted by molar-refractivity contribution is 5.74. The van der Waals surface area contributed by atoms with Crippen molar-refractivity contribution in [2.45, 2.75) is 46.0 Å². The van der Waals surface area contributed by atoms with E-state index < -0.39 is 0 Å². The van der Waals surface area contributed by atoms with E-state index in [9.17, 15) is 4.79 Å². The van der Waals surface area contributed by atoms with Crippen molar-refractivity contribution in [1.29, 1.82) is 0 Å². The lowest BCUT2D eigenvalue weighted by Crippen LogP contribution is -2.41. The lowest BCUT2D eigenvalue weighted by molar-refractivity contribution is 0.196. The Kier molecular flexibility index (Phi) is 9.73. The third-order valence-electron chi connectivity index (χ3n) is 3.99. The molecular weight excluding hydrogens is 304 g/mol. The molecule has 1 aromatic carbocycles. The number of methoxy groups -OCH3 is 2. The summed E-state index contributed by atoms with van der Waals surface area (Å²) in [7, 11) is 3.25. The maximum atomic E-state index is 12.3. The predicted molar refractivity (Wildman–Crippen MR) is 98.0 cm³/mol. The molecule has 24 heavy (non-hydrogen) atoms. The molecule has 0 atom stereocenters. The molecule has 2 amide bonds. The number of carbonyl (C=O) groups excluding carboxylic acids is 1. The Labute approximate surface area is 146 Å². The molecule has 136 valence electrons. The van der Waals surface area contributed by atoms with Crippen LogP contribution in [0.25, 0.3) is 0 Å². The van der Waals surface area contributed by atoms with Gasteiger partial charge in [0.1, 0.15) is 0 Å². The lowest BCUT2D eigenvalue weighted by atomic mass is 10.1. The van der Waals surface area contributed by atoms with Gasteiger partial charge in [0.15, 0.2) is 11.5 Å². The molecule has 0 bridgehead atoms. The fourth-order valence-corrected chi connectivity index (χ4v) is 2.47. The van der Waals surface area contributed by atoms with Crippen LogP contribution in [0.5, 0.6) is 11.5 Å². The summed E-state index contributed by atoms with van der Waals surface area (Å²) in [6, 6.07) is 5.89. The minimum absolute atomic E-state index is 0.0392. The molecule has 0 aliphatic rings. The van der Waals surface area contributed by atoms with Crippen LogP contribution in [-0.4, -0.2) is 44.8 Å². The topological polar surface area (TPSA) is 50.8 Å². The summed E-state index contributed by atoms with van der Waals surface area (Å²) < 4.78 is 10.5. The number of carbonyl (C=O) groups is 1. The molecule has 0 saturated heterocycles. The number of urea groups is 1. The third-order valence-corrected chi connectivity index (χ3v) is 3.99. The second-order valence-corrected chi connectivity index (χ2v) is 5.87. The molecule has 0 aromatic heterocycles. The van der Waals surface area contributed by atoms with Crippen molar-refractivity contribution in [2.24, 2.45) is 0 Å². The van der Waals surface area contributed by atoms with E-state index in [-0.39, 0.29) is 6.03 Å². The van der Waals surface area contributed by atoms with Crippen LogP contribution < -0.4 is 14.8 Å². The van der Waals surface area contributed by atoms with Gasteiger partial charge in [-0.05, 0) is 37.0 Å². The van der Waals surface area contributed by atoms with E-state index in [4.69, 9.17) is 9.47 Å². The quantitative estimate of drug-likeness (QED) is 0.667. The molecule has 0 unspecified atom stereocenters. The van der Waals surface area contributed by atoms with Gasteiger partial charge in [0, 0.05) is 19.6 Å². The van der Waals surface area contributed by atoms with Crippen LogP contribution >= 0.6 is 0 Å². The summed E-state index contributed by atoms with van der Waals surface area (Å²) in [5.41, 5.74) is 1.11. The number of nitrogens with zero attached hydrogens (tertiary/aromatic N) is 1. The van der Waals surface area contributed by atoms with Crippen molar-refractivity contribution in [3.8, 4) is 11.5 Å². The van der Waals surface area contributed by atoms with Crippen LogP contribution in [0.4, 0.5) is 4.79 Å². The summed E-state index contributed by atoms with van der Waals surface area (Å²) in [5.74, 6) is 1.43. The van der Waals surface area contributed by atoms with E-state index in [1.165, 1.54) is 0 Å². The second kappa shape index (κ2) is 11.6. The molecule has 1 N–H and O–H groups in total. The van der Waals surface area contributed by atoms with Gasteiger partial charge >= 0.3 is 6.03 Å². The van der Waals surface area contributed by atoms with Gasteiger partial charge in [0.2, 0.25) is 0 Å². The molecular formula is C19H32N2O3. The highest BCUT2D eigenvalue weighted by Crippen LogP contribution is 2.27. The highest BCUT2D eigenvalue weighted by Gasteiger charge is 2.12. The minimum Gasteiger partial charge on any atom is -0.493 e. The van der Waals surface area contributed by atoms with Gasteiger partial charge in [0.25, 0.3) is 0 Å². The number of hydrogen-bond donors (Lipinski definition) is 1. The van der Waals surface area contributed by atoms with Crippen molar-refractivity contribution in [1.82, 2.24) is 10.2 Å². The molecule has 1 aromatic rings. The van der Waals surface area contributed by atoms with E-state index >= 15 is 0 Å². The van der Waals surface area contributed by atoms with Crippen LogP contribution in [0, 0.1) is 0 Å². The summed E-state index contributed by atoms with van der Waals surface area (Å²) >= 11 is 0. The zero-order valence-corrected chi connectivity index (χ0v) is 15.6. The zero-order chi connectivity index (χ0) is 17.8. The van der Waals surface area contributed by atoms with Gasteiger partial charge in [-0.25, -0.2) is 4.79 Å². The number of rotatable bonds is 11. The SMILES string of the molecule is CCCCN(CCCC)C(=O)NCCc1ccc(OC)c(OC)c1. The number of benzene rings is 1. The van der Waals surface area contributed by atoms with Gasteiger partial charge in [0.05, 0.1) is 14.2 Å². The molecule has 0 radical (unpaired) electrons. The van der Waals surface area contributed by atoms with Crippen molar-refractivity contribution in [3.63, 3.8) is 0 Å². The van der Waals surface area contributed by atoms with E-state index in [0.29, 0.717) is 12.3 Å². The highest BCUT2D eigenvalue weighted by atomic mass is 16.5. The van der Waals surface area contributed by atoms with Crippen LogP contribution in [0.1, 0.15) is 45.1 Å². The molecule has 5 heteroatoms. The van der Waals surface area contributed by atoms with Crippen molar-refractivity contribution in [2.75, 3.05) is 33.9 Å². The standard InChI is InChI=1S/C19H32N2O3/c1-5-7-13-21(14-8-6-2)19(22)20-12-11-16-9-10-17(23-3)18(15-16)24-4/h9-10,15H,5-8,11-14H2,1-4H3,(H,20,22). The van der Waals surface area contributed by atoms with Crippen LogP contribution in [0.2, 0.25) is 0 Å². The molecule has 5 nitrogen and oxygen atoms in total. The predicted octanol–water partition coefficient (Wildman–Crippen LogP) is 3.86. The molecule has 1 rings (SSSR count). The number of ether oxygens (including phenoxy) is 2. The molecule has 0 aliphatic heterocycles. The first-order chi connectivity index (χ1) is 11.7. The summed E-state index contributed by atoms with van der Waals surface area (Å²) in [6.45, 7) is 6.57. The van der Waals surface area contributed by atoms with Crippen molar-refractivity contribution < 1.29 is 14.3 Å². The Balaban J connectivity index is 2.50. The Morgan fingerprint density at radius 3 is 2.21 bits per heavy atom. The first kappa shape index (κ1) is 20.1. The average Bonchev–Trinajstić information content (AvgIpc) is 2.61. The maximum Gasteiger partial charge on any atom is 0.317 e. The summed E-state index contributed by atoms with van der Waals surface area (Å²) in [6.07, 6.45) is 5.06. The molecule has 0 spiro atoms. The largest absolute Gasteiger partial charge is 0.493 e. The first-order valence-electron chi connectivity index (χ1n) is 8.89. The van der Waals surface area contributed by atoms with Gasteiger partial charge < -0.3 is 19.7 Å². The molecule has 0 aliphatic carbocycles. The Hall–Kier alpha value is -1.91. The Bertz CT molecular complexity index is 484. The summed E-state index contributed by atoms with van der Waals surface area (Å²) in [4.78, 5) is 14.3. The molecule has 0 heterocycles.